The molecule has 24 heavy (non-hydrogen) atoms. The van der Waals surface area contributed by atoms with Crippen molar-refractivity contribution < 1.29 is 4.79 Å². The minimum atomic E-state index is -0.287. The van der Waals surface area contributed by atoms with Crippen LogP contribution in [0.2, 0.25) is 0 Å². The molecule has 1 aliphatic carbocycles. The number of hydrogen-bond acceptors (Lipinski definition) is 3. The third-order valence-corrected chi connectivity index (χ3v) is 6.31. The van der Waals surface area contributed by atoms with Crippen LogP contribution in [-0.4, -0.2) is 72.4 Å². The number of thioether (sulfide) groups is 1. The summed E-state index contributed by atoms with van der Waals surface area (Å²) in [6.45, 7) is 10.2. The van der Waals surface area contributed by atoms with E-state index >= 15 is 0 Å². The van der Waals surface area contributed by atoms with Gasteiger partial charge in [-0.05, 0) is 33.6 Å². The quantitative estimate of drug-likeness (QED) is 0.622. The zero-order chi connectivity index (χ0) is 17.8. The number of carbonyl (C=O) groups excluding carboxylic acids is 1. The smallest absolute Gasteiger partial charge is 0.230 e. The van der Waals surface area contributed by atoms with Gasteiger partial charge in [0.2, 0.25) is 5.91 Å². The first kappa shape index (κ1) is 19.4. The van der Waals surface area contributed by atoms with E-state index in [1.807, 2.05) is 25.9 Å². The molecule has 2 aliphatic rings. The van der Waals surface area contributed by atoms with E-state index in [2.05, 4.69) is 31.0 Å². The molecule has 0 unspecified atom stereocenters. The van der Waals surface area contributed by atoms with E-state index in [0.29, 0.717) is 6.54 Å². The van der Waals surface area contributed by atoms with Crippen LogP contribution in [0, 0.1) is 5.41 Å². The number of guanidine groups is 1. The van der Waals surface area contributed by atoms with Crippen LogP contribution < -0.4 is 5.32 Å². The molecule has 1 N–H and O–H groups in total. The Bertz CT molecular complexity index is 470. The predicted octanol–water partition coefficient (Wildman–Crippen LogP) is 2.43. The molecule has 0 radical (unpaired) electrons. The van der Waals surface area contributed by atoms with Crippen molar-refractivity contribution in [1.82, 2.24) is 15.1 Å². The molecule has 0 aromatic heterocycles. The molecule has 2 fully saturated rings. The van der Waals surface area contributed by atoms with Crippen molar-refractivity contribution in [2.75, 3.05) is 46.0 Å². The maximum absolute atomic E-state index is 12.7. The van der Waals surface area contributed by atoms with Crippen molar-refractivity contribution in [1.29, 1.82) is 0 Å². The van der Waals surface area contributed by atoms with Crippen LogP contribution in [0.5, 0.6) is 0 Å². The molecule has 0 aromatic carbocycles. The van der Waals surface area contributed by atoms with Gasteiger partial charge in [0.15, 0.2) is 5.96 Å². The van der Waals surface area contributed by atoms with Gasteiger partial charge in [-0.3, -0.25) is 9.79 Å². The van der Waals surface area contributed by atoms with Gasteiger partial charge in [0.05, 0.1) is 12.0 Å². The number of hydrogen-bond donors (Lipinski definition) is 1. The maximum Gasteiger partial charge on any atom is 0.230 e. The Hall–Kier alpha value is -0.910. The molecular weight excluding hydrogens is 320 g/mol. The fraction of sp³-hybridized carbons (Fsp3) is 0.889. The molecule has 5 nitrogen and oxygen atoms in total. The van der Waals surface area contributed by atoms with E-state index in [4.69, 9.17) is 4.99 Å². The molecule has 2 rings (SSSR count). The van der Waals surface area contributed by atoms with Crippen molar-refractivity contribution in [2.24, 2.45) is 10.4 Å². The lowest BCUT2D eigenvalue weighted by atomic mass is 9.85. The standard InChI is InChI=1S/C18H34N4OS/c1-6-19-16(22-11-12-24-17(2,3)14-22)20-13-18(9-7-8-10-18)15(23)21(4)5/h6-14H2,1-5H3,(H,19,20). The van der Waals surface area contributed by atoms with Crippen LogP contribution in [-0.2, 0) is 4.79 Å². The summed E-state index contributed by atoms with van der Waals surface area (Å²) in [5.74, 6) is 2.34. The fourth-order valence-electron chi connectivity index (χ4n) is 3.82. The van der Waals surface area contributed by atoms with Gasteiger partial charge in [0.25, 0.3) is 0 Å². The number of rotatable bonds is 4. The Kier molecular flexibility index (Phi) is 6.46. The number of nitrogens with zero attached hydrogens (tertiary/aromatic N) is 3. The summed E-state index contributed by atoms with van der Waals surface area (Å²) in [6, 6.07) is 0. The molecular formula is C18H34N4OS. The Labute approximate surface area is 151 Å². The summed E-state index contributed by atoms with van der Waals surface area (Å²) in [7, 11) is 3.73. The number of carbonyl (C=O) groups is 1. The molecule has 0 atom stereocenters. The van der Waals surface area contributed by atoms with Crippen LogP contribution in [0.15, 0.2) is 4.99 Å². The first-order valence-electron chi connectivity index (χ1n) is 9.19. The van der Waals surface area contributed by atoms with E-state index in [1.165, 1.54) is 0 Å². The van der Waals surface area contributed by atoms with Crippen molar-refractivity contribution in [3.8, 4) is 0 Å². The molecule has 1 amide bonds. The molecule has 0 bridgehead atoms. The molecule has 1 heterocycles. The summed E-state index contributed by atoms with van der Waals surface area (Å²) in [6.07, 6.45) is 4.21. The van der Waals surface area contributed by atoms with E-state index in [9.17, 15) is 4.79 Å². The van der Waals surface area contributed by atoms with Crippen molar-refractivity contribution >= 4 is 23.6 Å². The van der Waals surface area contributed by atoms with E-state index in [-0.39, 0.29) is 16.1 Å². The molecule has 1 saturated heterocycles. The van der Waals surface area contributed by atoms with E-state index in [1.54, 1.807) is 4.90 Å². The topological polar surface area (TPSA) is 47.9 Å². The van der Waals surface area contributed by atoms with Crippen LogP contribution in [0.4, 0.5) is 0 Å². The summed E-state index contributed by atoms with van der Waals surface area (Å²) in [5, 5.41) is 3.44. The maximum atomic E-state index is 12.7. The zero-order valence-electron chi connectivity index (χ0n) is 16.0. The van der Waals surface area contributed by atoms with Gasteiger partial charge in [0.1, 0.15) is 0 Å². The van der Waals surface area contributed by atoms with E-state index < -0.39 is 0 Å². The first-order valence-corrected chi connectivity index (χ1v) is 10.2. The molecule has 138 valence electrons. The van der Waals surface area contributed by atoms with Gasteiger partial charge in [-0.2, -0.15) is 11.8 Å². The van der Waals surface area contributed by atoms with Gasteiger partial charge < -0.3 is 15.1 Å². The highest BCUT2D eigenvalue weighted by molar-refractivity contribution is 8.00. The van der Waals surface area contributed by atoms with E-state index in [0.717, 1.165) is 57.0 Å². The van der Waals surface area contributed by atoms with Crippen LogP contribution >= 0.6 is 11.8 Å². The van der Waals surface area contributed by atoms with Gasteiger partial charge in [0, 0.05) is 44.2 Å². The lowest BCUT2D eigenvalue weighted by Crippen LogP contribution is -2.51. The first-order chi connectivity index (χ1) is 11.3. The predicted molar refractivity (Wildman–Crippen MR) is 104 cm³/mol. The summed E-state index contributed by atoms with van der Waals surface area (Å²) < 4.78 is 0.249. The average molecular weight is 355 g/mol. The highest BCUT2D eigenvalue weighted by Crippen LogP contribution is 2.40. The molecule has 1 aliphatic heterocycles. The second-order valence-corrected chi connectivity index (χ2v) is 9.69. The van der Waals surface area contributed by atoms with Crippen LogP contribution in [0.1, 0.15) is 46.5 Å². The number of nitrogens with one attached hydrogen (secondary N) is 1. The van der Waals surface area contributed by atoms with Crippen molar-refractivity contribution in [3.05, 3.63) is 0 Å². The Morgan fingerprint density at radius 1 is 1.29 bits per heavy atom. The summed E-state index contributed by atoms with van der Waals surface area (Å²) >= 11 is 2.03. The second-order valence-electron chi connectivity index (χ2n) is 7.89. The van der Waals surface area contributed by atoms with Gasteiger partial charge >= 0.3 is 0 Å². The molecule has 0 aromatic rings. The average Bonchev–Trinajstić information content (AvgIpc) is 2.99. The lowest BCUT2D eigenvalue weighted by molar-refractivity contribution is -0.138. The highest BCUT2D eigenvalue weighted by atomic mass is 32.2. The lowest BCUT2D eigenvalue weighted by Gasteiger charge is -2.39. The fourth-order valence-corrected chi connectivity index (χ4v) is 4.93. The van der Waals surface area contributed by atoms with Gasteiger partial charge in [-0.1, -0.05) is 12.8 Å². The summed E-state index contributed by atoms with van der Waals surface area (Å²) in [5.41, 5.74) is -0.287. The summed E-state index contributed by atoms with van der Waals surface area (Å²) in [4.78, 5) is 21.8. The van der Waals surface area contributed by atoms with Gasteiger partial charge in [-0.25, -0.2) is 0 Å². The van der Waals surface area contributed by atoms with Crippen LogP contribution in [0.25, 0.3) is 0 Å². The molecule has 0 spiro atoms. The number of amides is 1. The SMILES string of the molecule is CCNC(=NCC1(C(=O)N(C)C)CCCC1)N1CCSC(C)(C)C1. The normalized spacial score (nSPS) is 23.2. The third kappa shape index (κ3) is 4.58. The minimum absolute atomic E-state index is 0.245. The van der Waals surface area contributed by atoms with Gasteiger partial charge in [-0.15, -0.1) is 0 Å². The molecule has 6 heteroatoms. The monoisotopic (exact) mass is 354 g/mol. The Morgan fingerprint density at radius 2 is 1.96 bits per heavy atom. The Morgan fingerprint density at radius 3 is 2.50 bits per heavy atom. The van der Waals surface area contributed by atoms with Crippen molar-refractivity contribution in [2.45, 2.75) is 51.2 Å². The third-order valence-electron chi connectivity index (χ3n) is 5.01. The highest BCUT2D eigenvalue weighted by Gasteiger charge is 2.42. The zero-order valence-corrected chi connectivity index (χ0v) is 16.8. The van der Waals surface area contributed by atoms with Crippen molar-refractivity contribution in [3.63, 3.8) is 0 Å². The molecule has 1 saturated carbocycles. The largest absolute Gasteiger partial charge is 0.357 e. The van der Waals surface area contributed by atoms with Crippen LogP contribution in [0.3, 0.4) is 0 Å². The second kappa shape index (κ2) is 7.98. The Balaban J connectivity index is 2.15. The number of aliphatic imine (C=N–C) groups is 1. The minimum Gasteiger partial charge on any atom is -0.357 e.